The van der Waals surface area contributed by atoms with Crippen LogP contribution >= 0.6 is 0 Å². The number of benzene rings is 1. The van der Waals surface area contributed by atoms with Crippen molar-refractivity contribution in [3.8, 4) is 0 Å². The second-order valence-electron chi connectivity index (χ2n) is 7.17. The van der Waals surface area contributed by atoms with Crippen LogP contribution in [0.4, 0.5) is 0 Å². The average molecular weight is 322 g/mol. The van der Waals surface area contributed by atoms with Crippen molar-refractivity contribution in [1.29, 1.82) is 0 Å². The Kier molecular flexibility index (Phi) is 4.32. The van der Waals surface area contributed by atoms with Crippen molar-refractivity contribution in [2.45, 2.75) is 44.0 Å². The maximum Gasteiger partial charge on any atom is 0.240 e. The van der Waals surface area contributed by atoms with Gasteiger partial charge in [0.25, 0.3) is 0 Å². The molecule has 0 aliphatic heterocycles. The highest BCUT2D eigenvalue weighted by Gasteiger charge is 2.57. The largest absolute Gasteiger partial charge is 0.312 e. The molecule has 0 aromatic heterocycles. The third-order valence-corrected chi connectivity index (χ3v) is 7.07. The Morgan fingerprint density at radius 2 is 1.86 bits per heavy atom. The molecule has 1 aromatic rings. The molecule has 0 heterocycles. The monoisotopic (exact) mass is 322 g/mol. The fraction of sp³-hybridized carbons (Fsp3) is 0.647. The lowest BCUT2D eigenvalue weighted by molar-refractivity contribution is -0.0399. The van der Waals surface area contributed by atoms with E-state index in [2.05, 4.69) is 23.9 Å². The van der Waals surface area contributed by atoms with E-state index in [1.54, 1.807) is 24.3 Å². The zero-order valence-corrected chi connectivity index (χ0v) is 14.2. The van der Waals surface area contributed by atoms with Crippen LogP contribution < -0.4 is 10.0 Å². The number of hydrogen-bond donors (Lipinski definition) is 2. The number of fused-ring (bicyclic) bond motifs is 1. The Labute approximate surface area is 133 Å². The lowest BCUT2D eigenvalue weighted by atomic mass is 9.53. The maximum atomic E-state index is 12.1. The quantitative estimate of drug-likeness (QED) is 0.791. The minimum Gasteiger partial charge on any atom is -0.312 e. The van der Waals surface area contributed by atoms with Crippen LogP contribution in [0.15, 0.2) is 35.2 Å². The molecular formula is C17H26N2O2S. The zero-order chi connectivity index (χ0) is 15.8. The van der Waals surface area contributed by atoms with Crippen LogP contribution in [0.3, 0.4) is 0 Å². The summed E-state index contributed by atoms with van der Waals surface area (Å²) >= 11 is 0. The van der Waals surface area contributed by atoms with Gasteiger partial charge in [0.05, 0.1) is 4.90 Å². The van der Waals surface area contributed by atoms with Gasteiger partial charge in [-0.1, -0.05) is 38.5 Å². The molecule has 4 nitrogen and oxygen atoms in total. The minimum atomic E-state index is -3.38. The summed E-state index contributed by atoms with van der Waals surface area (Å²) in [6.45, 7) is 5.79. The molecule has 0 amide bonds. The second-order valence-corrected chi connectivity index (χ2v) is 8.93. The molecular weight excluding hydrogens is 296 g/mol. The van der Waals surface area contributed by atoms with Crippen molar-refractivity contribution in [1.82, 2.24) is 10.0 Å². The first kappa shape index (κ1) is 16.0. The summed E-state index contributed by atoms with van der Waals surface area (Å²) in [6, 6.07) is 9.06. The van der Waals surface area contributed by atoms with E-state index in [1.807, 2.05) is 6.07 Å². The predicted octanol–water partition coefficient (Wildman–Crippen LogP) is 2.38. The highest BCUT2D eigenvalue weighted by molar-refractivity contribution is 7.89. The molecule has 2 aliphatic carbocycles. The van der Waals surface area contributed by atoms with Crippen molar-refractivity contribution in [2.24, 2.45) is 17.3 Å². The highest BCUT2D eigenvalue weighted by Crippen LogP contribution is 2.58. The van der Waals surface area contributed by atoms with E-state index < -0.39 is 10.0 Å². The first-order valence-corrected chi connectivity index (χ1v) is 9.69. The van der Waals surface area contributed by atoms with E-state index in [-0.39, 0.29) is 0 Å². The smallest absolute Gasteiger partial charge is 0.240 e. The van der Waals surface area contributed by atoms with Crippen LogP contribution in [0.1, 0.15) is 33.1 Å². The van der Waals surface area contributed by atoms with Gasteiger partial charge in [0.1, 0.15) is 0 Å². The van der Waals surface area contributed by atoms with Gasteiger partial charge in [-0.3, -0.25) is 0 Å². The minimum absolute atomic E-state index is 0.329. The lowest BCUT2D eigenvalue weighted by Gasteiger charge is -2.56. The number of hydrogen-bond acceptors (Lipinski definition) is 3. The Bertz CT molecular complexity index is 613. The van der Waals surface area contributed by atoms with Gasteiger partial charge in [0, 0.05) is 19.1 Å². The van der Waals surface area contributed by atoms with Crippen molar-refractivity contribution < 1.29 is 8.42 Å². The van der Waals surface area contributed by atoms with Gasteiger partial charge in [0.2, 0.25) is 10.0 Å². The molecule has 3 atom stereocenters. The van der Waals surface area contributed by atoms with E-state index in [1.165, 1.54) is 19.3 Å². The SMILES string of the molecule is CC1(C)C(NCCNS(=O)(=O)c2ccccc2)[C@@H]2CCC[C@@H]21. The Morgan fingerprint density at radius 1 is 1.14 bits per heavy atom. The van der Waals surface area contributed by atoms with Crippen LogP contribution in [0.5, 0.6) is 0 Å². The van der Waals surface area contributed by atoms with E-state index >= 15 is 0 Å². The van der Waals surface area contributed by atoms with Crippen molar-refractivity contribution in [3.05, 3.63) is 30.3 Å². The predicted molar refractivity (Wildman–Crippen MR) is 88.0 cm³/mol. The van der Waals surface area contributed by atoms with Crippen molar-refractivity contribution >= 4 is 10.0 Å². The fourth-order valence-corrected chi connectivity index (χ4v) is 5.54. The molecule has 22 heavy (non-hydrogen) atoms. The summed E-state index contributed by atoms with van der Waals surface area (Å²) in [5, 5.41) is 3.58. The first-order valence-electron chi connectivity index (χ1n) is 8.21. The van der Waals surface area contributed by atoms with Gasteiger partial charge in [-0.2, -0.15) is 0 Å². The number of rotatable bonds is 6. The summed E-state index contributed by atoms with van der Waals surface area (Å²) in [5.41, 5.74) is 0.347. The van der Waals surface area contributed by atoms with Gasteiger partial charge in [0.15, 0.2) is 0 Å². The highest BCUT2D eigenvalue weighted by atomic mass is 32.2. The van der Waals surface area contributed by atoms with E-state index in [9.17, 15) is 8.42 Å². The standard InChI is InChI=1S/C17H26N2O2S/c1-17(2)15-10-6-9-14(15)16(17)18-11-12-19-22(20,21)13-7-4-3-5-8-13/h3-5,7-8,14-16,18-19H,6,9-12H2,1-2H3/t14-,15+,16?/m1/s1. The summed E-state index contributed by atoms with van der Waals surface area (Å²) in [5.74, 6) is 1.65. The molecule has 2 saturated carbocycles. The number of nitrogens with one attached hydrogen (secondary N) is 2. The molecule has 0 radical (unpaired) electrons. The summed E-state index contributed by atoms with van der Waals surface area (Å²) < 4.78 is 26.9. The molecule has 5 heteroatoms. The Balaban J connectivity index is 1.48. The molecule has 0 bridgehead atoms. The average Bonchev–Trinajstić information content (AvgIpc) is 2.94. The molecule has 2 aliphatic rings. The number of sulfonamides is 1. The molecule has 0 saturated heterocycles. The fourth-order valence-electron chi connectivity index (χ4n) is 4.49. The molecule has 1 unspecified atom stereocenters. The molecule has 2 fully saturated rings. The third kappa shape index (κ3) is 2.82. The van der Waals surface area contributed by atoms with E-state index in [4.69, 9.17) is 0 Å². The maximum absolute atomic E-state index is 12.1. The Hall–Kier alpha value is -0.910. The summed E-state index contributed by atoms with van der Waals surface area (Å²) in [4.78, 5) is 0.329. The summed E-state index contributed by atoms with van der Waals surface area (Å²) in [6.07, 6.45) is 4.02. The molecule has 3 rings (SSSR count). The van der Waals surface area contributed by atoms with Crippen molar-refractivity contribution in [3.63, 3.8) is 0 Å². The van der Waals surface area contributed by atoms with Crippen LogP contribution in [0.25, 0.3) is 0 Å². The van der Waals surface area contributed by atoms with Crippen LogP contribution in [0.2, 0.25) is 0 Å². The summed E-state index contributed by atoms with van der Waals surface area (Å²) in [7, 11) is -3.38. The first-order chi connectivity index (χ1) is 10.4. The van der Waals surface area contributed by atoms with Crippen LogP contribution in [0, 0.1) is 17.3 Å². The molecule has 2 N–H and O–H groups in total. The zero-order valence-electron chi connectivity index (χ0n) is 13.4. The van der Waals surface area contributed by atoms with Gasteiger partial charge in [-0.05, 0) is 42.2 Å². The van der Waals surface area contributed by atoms with E-state index in [0.717, 1.165) is 11.8 Å². The Morgan fingerprint density at radius 3 is 2.59 bits per heavy atom. The van der Waals surface area contributed by atoms with E-state index in [0.29, 0.717) is 29.4 Å². The molecule has 1 aromatic carbocycles. The van der Waals surface area contributed by atoms with Crippen molar-refractivity contribution in [2.75, 3.05) is 13.1 Å². The topological polar surface area (TPSA) is 58.2 Å². The van der Waals surface area contributed by atoms with Gasteiger partial charge >= 0.3 is 0 Å². The molecule has 0 spiro atoms. The van der Waals surface area contributed by atoms with Gasteiger partial charge in [-0.25, -0.2) is 13.1 Å². The van der Waals surface area contributed by atoms with Gasteiger partial charge < -0.3 is 5.32 Å². The van der Waals surface area contributed by atoms with Crippen LogP contribution in [-0.4, -0.2) is 27.5 Å². The van der Waals surface area contributed by atoms with Gasteiger partial charge in [-0.15, -0.1) is 0 Å². The van der Waals surface area contributed by atoms with Crippen LogP contribution in [-0.2, 0) is 10.0 Å². The lowest BCUT2D eigenvalue weighted by Crippen LogP contribution is -2.62. The normalized spacial score (nSPS) is 29.8. The second kappa shape index (κ2) is 5.95. The third-order valence-electron chi connectivity index (χ3n) is 5.59. The molecule has 122 valence electrons.